The van der Waals surface area contributed by atoms with Crippen molar-refractivity contribution in [3.63, 3.8) is 0 Å². The molecule has 0 amide bonds. The Morgan fingerprint density at radius 3 is 2.61 bits per heavy atom. The molecule has 0 bridgehead atoms. The summed E-state index contributed by atoms with van der Waals surface area (Å²) in [6, 6.07) is 7.01. The number of aromatic nitrogens is 1. The van der Waals surface area contributed by atoms with Crippen molar-refractivity contribution in [2.24, 2.45) is 5.73 Å². The van der Waals surface area contributed by atoms with E-state index in [0.29, 0.717) is 28.2 Å². The molecule has 1 aromatic carbocycles. The first-order chi connectivity index (χ1) is 8.60. The van der Waals surface area contributed by atoms with Crippen LogP contribution in [0.4, 0.5) is 0 Å². The summed E-state index contributed by atoms with van der Waals surface area (Å²) in [7, 11) is 0. The number of hydrogen-bond donors (Lipinski definition) is 1. The zero-order chi connectivity index (χ0) is 13.1. The summed E-state index contributed by atoms with van der Waals surface area (Å²) in [6.45, 7) is 0.381. The molecule has 0 atom stereocenters. The number of rotatable bonds is 3. The van der Waals surface area contributed by atoms with Crippen LogP contribution < -0.4 is 10.5 Å². The van der Waals surface area contributed by atoms with E-state index in [4.69, 9.17) is 33.7 Å². The van der Waals surface area contributed by atoms with Gasteiger partial charge >= 0.3 is 0 Å². The predicted octanol–water partition coefficient (Wildman–Crippen LogP) is 4.40. The van der Waals surface area contributed by atoms with Gasteiger partial charge in [-0.25, -0.2) is 4.98 Å². The Balaban J connectivity index is 2.28. The van der Waals surface area contributed by atoms with E-state index in [0.717, 1.165) is 10.0 Å². The van der Waals surface area contributed by atoms with E-state index in [-0.39, 0.29) is 0 Å². The highest BCUT2D eigenvalue weighted by Gasteiger charge is 2.09. The van der Waals surface area contributed by atoms with Crippen molar-refractivity contribution in [2.75, 3.05) is 0 Å². The zero-order valence-electron chi connectivity index (χ0n) is 9.16. The molecular weight excluding hydrogens is 339 g/mol. The highest BCUT2D eigenvalue weighted by molar-refractivity contribution is 9.10. The molecule has 6 heteroatoms. The van der Waals surface area contributed by atoms with Crippen molar-refractivity contribution < 1.29 is 4.74 Å². The van der Waals surface area contributed by atoms with Crippen molar-refractivity contribution >= 4 is 39.1 Å². The summed E-state index contributed by atoms with van der Waals surface area (Å²) in [4.78, 5) is 4.10. The topological polar surface area (TPSA) is 48.1 Å². The fourth-order valence-electron chi connectivity index (χ4n) is 1.31. The molecule has 0 aliphatic rings. The number of nitrogens with zero attached hydrogens (tertiary/aromatic N) is 1. The van der Waals surface area contributed by atoms with Gasteiger partial charge < -0.3 is 10.5 Å². The van der Waals surface area contributed by atoms with Gasteiger partial charge in [-0.1, -0.05) is 39.1 Å². The smallest absolute Gasteiger partial charge is 0.238 e. The second kappa shape index (κ2) is 5.89. The number of halogens is 3. The summed E-state index contributed by atoms with van der Waals surface area (Å²) in [5.41, 5.74) is 6.34. The van der Waals surface area contributed by atoms with E-state index < -0.39 is 0 Å². The lowest BCUT2D eigenvalue weighted by atomic mass is 10.3. The van der Waals surface area contributed by atoms with Crippen LogP contribution in [0.3, 0.4) is 0 Å². The number of pyridine rings is 1. The molecule has 0 saturated carbocycles. The molecule has 0 aliphatic heterocycles. The highest BCUT2D eigenvalue weighted by atomic mass is 79.9. The van der Waals surface area contributed by atoms with Gasteiger partial charge in [-0.3, -0.25) is 0 Å². The molecule has 1 aromatic heterocycles. The second-order valence-corrected chi connectivity index (χ2v) is 5.24. The third-order valence-corrected chi connectivity index (χ3v) is 3.26. The molecule has 2 rings (SSSR count). The first-order valence-corrected chi connectivity index (χ1v) is 6.62. The Hall–Kier alpha value is -0.810. The normalized spacial score (nSPS) is 10.4. The lowest BCUT2D eigenvalue weighted by Crippen LogP contribution is -1.98. The van der Waals surface area contributed by atoms with Crippen LogP contribution in [0.1, 0.15) is 5.56 Å². The Kier molecular flexibility index (Phi) is 4.45. The third-order valence-electron chi connectivity index (χ3n) is 2.20. The van der Waals surface area contributed by atoms with Crippen LogP contribution in [0.2, 0.25) is 10.0 Å². The van der Waals surface area contributed by atoms with E-state index in [1.54, 1.807) is 24.4 Å². The van der Waals surface area contributed by atoms with Gasteiger partial charge in [0.05, 0.1) is 5.02 Å². The molecular formula is C12H9BrCl2N2O. The maximum absolute atomic E-state index is 6.05. The summed E-state index contributed by atoms with van der Waals surface area (Å²) >= 11 is 15.4. The fraction of sp³-hybridized carbons (Fsp3) is 0.0833. The lowest BCUT2D eigenvalue weighted by molar-refractivity contribution is 0.463. The van der Waals surface area contributed by atoms with E-state index in [1.807, 2.05) is 6.07 Å². The monoisotopic (exact) mass is 346 g/mol. The van der Waals surface area contributed by atoms with E-state index in [1.165, 1.54) is 0 Å². The van der Waals surface area contributed by atoms with Gasteiger partial charge in [-0.15, -0.1) is 0 Å². The Morgan fingerprint density at radius 2 is 2.00 bits per heavy atom. The predicted molar refractivity (Wildman–Crippen MR) is 76.4 cm³/mol. The number of nitrogens with two attached hydrogens (primary N) is 1. The number of hydrogen-bond acceptors (Lipinski definition) is 3. The molecule has 0 saturated heterocycles. The van der Waals surface area contributed by atoms with Gasteiger partial charge in [0, 0.05) is 17.2 Å². The summed E-state index contributed by atoms with van der Waals surface area (Å²) in [5.74, 6) is 0.799. The number of benzene rings is 1. The molecule has 0 radical (unpaired) electrons. The SMILES string of the molecule is NCc1cnc(Oc2ccc(Br)cc2Cl)c(Cl)c1. The summed E-state index contributed by atoms with van der Waals surface area (Å²) < 4.78 is 6.43. The fourth-order valence-corrected chi connectivity index (χ4v) is 2.25. The van der Waals surface area contributed by atoms with Crippen LogP contribution in [0.5, 0.6) is 11.6 Å². The highest BCUT2D eigenvalue weighted by Crippen LogP contribution is 2.33. The summed E-state index contributed by atoms with van der Waals surface area (Å²) in [6.07, 6.45) is 1.62. The Bertz CT molecular complexity index is 578. The molecule has 18 heavy (non-hydrogen) atoms. The minimum atomic E-state index is 0.304. The Morgan fingerprint density at radius 1 is 1.22 bits per heavy atom. The van der Waals surface area contributed by atoms with Crippen LogP contribution in [0, 0.1) is 0 Å². The van der Waals surface area contributed by atoms with Crippen LogP contribution in [0.15, 0.2) is 34.9 Å². The zero-order valence-corrected chi connectivity index (χ0v) is 12.3. The van der Waals surface area contributed by atoms with E-state index in [2.05, 4.69) is 20.9 Å². The first-order valence-electron chi connectivity index (χ1n) is 5.07. The molecule has 0 aliphatic carbocycles. The van der Waals surface area contributed by atoms with Gasteiger partial charge in [-0.2, -0.15) is 0 Å². The standard InChI is InChI=1S/C12H9BrCl2N2O/c13-8-1-2-11(9(14)4-8)18-12-10(15)3-7(5-16)6-17-12/h1-4,6H,5,16H2. The molecule has 1 heterocycles. The number of ether oxygens (including phenoxy) is 1. The Labute approximate surface area is 123 Å². The second-order valence-electron chi connectivity index (χ2n) is 3.51. The van der Waals surface area contributed by atoms with Gasteiger partial charge in [0.25, 0.3) is 0 Å². The minimum absolute atomic E-state index is 0.304. The average Bonchev–Trinajstić information content (AvgIpc) is 2.34. The van der Waals surface area contributed by atoms with Crippen molar-refractivity contribution in [1.82, 2.24) is 4.98 Å². The van der Waals surface area contributed by atoms with Gasteiger partial charge in [0.1, 0.15) is 10.8 Å². The van der Waals surface area contributed by atoms with Crippen molar-refractivity contribution in [3.05, 3.63) is 50.5 Å². The van der Waals surface area contributed by atoms with E-state index in [9.17, 15) is 0 Å². The largest absolute Gasteiger partial charge is 0.436 e. The molecule has 2 N–H and O–H groups in total. The molecule has 2 aromatic rings. The molecule has 0 fully saturated rings. The van der Waals surface area contributed by atoms with Gasteiger partial charge in [0.15, 0.2) is 0 Å². The van der Waals surface area contributed by atoms with Crippen LogP contribution in [-0.4, -0.2) is 4.98 Å². The first kappa shape index (κ1) is 13.6. The van der Waals surface area contributed by atoms with Crippen LogP contribution in [-0.2, 0) is 6.54 Å². The van der Waals surface area contributed by atoms with Crippen LogP contribution >= 0.6 is 39.1 Å². The maximum Gasteiger partial charge on any atom is 0.238 e. The van der Waals surface area contributed by atoms with Gasteiger partial charge in [-0.05, 0) is 29.8 Å². The minimum Gasteiger partial charge on any atom is -0.436 e. The van der Waals surface area contributed by atoms with Crippen LogP contribution in [0.25, 0.3) is 0 Å². The molecule has 94 valence electrons. The van der Waals surface area contributed by atoms with E-state index >= 15 is 0 Å². The quantitative estimate of drug-likeness (QED) is 0.894. The molecule has 3 nitrogen and oxygen atoms in total. The van der Waals surface area contributed by atoms with Crippen molar-refractivity contribution in [1.29, 1.82) is 0 Å². The summed E-state index contributed by atoms with van der Waals surface area (Å²) in [5, 5.41) is 0.877. The van der Waals surface area contributed by atoms with Crippen molar-refractivity contribution in [3.8, 4) is 11.6 Å². The molecule has 0 spiro atoms. The third kappa shape index (κ3) is 3.14. The lowest BCUT2D eigenvalue weighted by Gasteiger charge is -2.09. The average molecular weight is 348 g/mol. The van der Waals surface area contributed by atoms with Crippen molar-refractivity contribution in [2.45, 2.75) is 6.54 Å². The molecule has 0 unspecified atom stereocenters. The maximum atomic E-state index is 6.05. The van der Waals surface area contributed by atoms with Gasteiger partial charge in [0.2, 0.25) is 5.88 Å².